The first-order valence-electron chi connectivity index (χ1n) is 9.60. The van der Waals surface area contributed by atoms with Crippen molar-refractivity contribution in [3.63, 3.8) is 0 Å². The highest BCUT2D eigenvalue weighted by Crippen LogP contribution is 2.44. The van der Waals surface area contributed by atoms with Crippen molar-refractivity contribution < 1.29 is 14.6 Å². The Morgan fingerprint density at radius 2 is 2.10 bits per heavy atom. The predicted molar refractivity (Wildman–Crippen MR) is 107 cm³/mol. The number of ether oxygens (including phenoxy) is 1. The molecule has 2 aliphatic heterocycles. The molecule has 2 aliphatic rings. The molecule has 7 heteroatoms. The van der Waals surface area contributed by atoms with Gasteiger partial charge in [-0.15, -0.1) is 0 Å². The maximum Gasteiger partial charge on any atom is 0.278 e. The molecule has 1 aromatic carbocycles. The summed E-state index contributed by atoms with van der Waals surface area (Å²) in [5, 5.41) is 20.5. The van der Waals surface area contributed by atoms with E-state index in [4.69, 9.17) is 4.74 Å². The zero-order valence-corrected chi connectivity index (χ0v) is 16.4. The average Bonchev–Trinajstić information content (AvgIpc) is 3.16. The standard InChI is InChI=1S/C22H22N4O3/c1-22(2)20(27)19(16-12-14(13-23)5-6-17(16)29-22)26-11-3-4-18(26)25-21(28)15-7-9-24-10-8-15/h5-10,12,19-20,27H,3-4,11H2,1-2H3/t19-,20+/m1/s1. The Hall–Kier alpha value is -3.24. The lowest BCUT2D eigenvalue weighted by Crippen LogP contribution is -2.54. The number of amides is 1. The van der Waals surface area contributed by atoms with Gasteiger partial charge in [-0.3, -0.25) is 9.78 Å². The normalized spacial score (nSPS) is 23.9. The number of rotatable bonds is 2. The van der Waals surface area contributed by atoms with Crippen molar-refractivity contribution in [1.29, 1.82) is 5.26 Å². The van der Waals surface area contributed by atoms with Crippen molar-refractivity contribution >= 4 is 11.7 Å². The van der Waals surface area contributed by atoms with E-state index in [1.807, 2.05) is 18.7 Å². The Labute approximate surface area is 169 Å². The molecule has 148 valence electrons. The summed E-state index contributed by atoms with van der Waals surface area (Å²) in [6.07, 6.45) is 3.74. The first-order chi connectivity index (χ1) is 13.9. The lowest BCUT2D eigenvalue weighted by atomic mass is 9.85. The van der Waals surface area contributed by atoms with Crippen LogP contribution in [0.25, 0.3) is 0 Å². The summed E-state index contributed by atoms with van der Waals surface area (Å²) in [5.74, 6) is 0.944. The molecular formula is C22H22N4O3. The topological polar surface area (TPSA) is 98.8 Å². The molecule has 0 unspecified atom stereocenters. The lowest BCUT2D eigenvalue weighted by Gasteiger charge is -2.46. The van der Waals surface area contributed by atoms with Gasteiger partial charge < -0.3 is 14.7 Å². The zero-order valence-electron chi connectivity index (χ0n) is 16.4. The fraction of sp³-hybridized carbons (Fsp3) is 0.364. The van der Waals surface area contributed by atoms with Gasteiger partial charge in [0.2, 0.25) is 0 Å². The number of nitriles is 1. The molecule has 29 heavy (non-hydrogen) atoms. The second kappa shape index (κ2) is 7.30. The van der Waals surface area contributed by atoms with E-state index in [2.05, 4.69) is 16.0 Å². The number of amidine groups is 1. The molecular weight excluding hydrogens is 368 g/mol. The number of nitrogens with zero attached hydrogens (tertiary/aromatic N) is 4. The number of aliphatic hydroxyl groups is 1. The van der Waals surface area contributed by atoms with Crippen molar-refractivity contribution in [2.24, 2.45) is 4.99 Å². The van der Waals surface area contributed by atoms with Gasteiger partial charge in [-0.25, -0.2) is 0 Å². The molecule has 7 nitrogen and oxygen atoms in total. The van der Waals surface area contributed by atoms with Crippen LogP contribution in [0.15, 0.2) is 47.7 Å². The van der Waals surface area contributed by atoms with Crippen molar-refractivity contribution in [3.05, 3.63) is 59.4 Å². The first kappa shape index (κ1) is 19.1. The summed E-state index contributed by atoms with van der Waals surface area (Å²) >= 11 is 0. The van der Waals surface area contributed by atoms with Crippen LogP contribution in [0.4, 0.5) is 0 Å². The minimum absolute atomic E-state index is 0.332. The maximum atomic E-state index is 12.6. The van der Waals surface area contributed by atoms with Crippen molar-refractivity contribution in [1.82, 2.24) is 9.88 Å². The second-order valence-corrected chi connectivity index (χ2v) is 7.83. The molecule has 0 radical (unpaired) electrons. The number of aromatic nitrogens is 1. The van der Waals surface area contributed by atoms with Gasteiger partial charge >= 0.3 is 0 Å². The van der Waals surface area contributed by atoms with E-state index in [-0.39, 0.29) is 5.91 Å². The molecule has 0 spiro atoms. The van der Waals surface area contributed by atoms with E-state index < -0.39 is 17.7 Å². The summed E-state index contributed by atoms with van der Waals surface area (Å²) in [6.45, 7) is 4.33. The van der Waals surface area contributed by atoms with Gasteiger partial charge in [-0.1, -0.05) is 0 Å². The maximum absolute atomic E-state index is 12.6. The number of benzene rings is 1. The Morgan fingerprint density at radius 3 is 2.83 bits per heavy atom. The molecule has 2 aromatic rings. The molecule has 0 saturated carbocycles. The van der Waals surface area contributed by atoms with Crippen molar-refractivity contribution in [3.8, 4) is 11.8 Å². The summed E-state index contributed by atoms with van der Waals surface area (Å²) in [6, 6.07) is 10.2. The molecule has 3 heterocycles. The molecule has 1 N–H and O–H groups in total. The summed E-state index contributed by atoms with van der Waals surface area (Å²) in [7, 11) is 0. The van der Waals surface area contributed by atoms with Crippen LogP contribution >= 0.6 is 0 Å². The number of pyridine rings is 1. The fourth-order valence-electron chi connectivity index (χ4n) is 3.95. The van der Waals surface area contributed by atoms with E-state index in [0.717, 1.165) is 12.0 Å². The Kier molecular flexibility index (Phi) is 4.81. The molecule has 0 bridgehead atoms. The van der Waals surface area contributed by atoms with Crippen LogP contribution in [0.1, 0.15) is 54.2 Å². The molecule has 1 fully saturated rings. The van der Waals surface area contributed by atoms with Crippen LogP contribution in [0.2, 0.25) is 0 Å². The number of hydrogen-bond acceptors (Lipinski definition) is 5. The van der Waals surface area contributed by atoms with E-state index in [0.29, 0.717) is 35.7 Å². The minimum Gasteiger partial charge on any atom is -0.485 e. The van der Waals surface area contributed by atoms with Crippen LogP contribution in [0.5, 0.6) is 5.75 Å². The number of likely N-dealkylation sites (tertiary alicyclic amines) is 1. The monoisotopic (exact) mass is 390 g/mol. The van der Waals surface area contributed by atoms with E-state index >= 15 is 0 Å². The Balaban J connectivity index is 1.75. The Bertz CT molecular complexity index is 1010. The zero-order chi connectivity index (χ0) is 20.6. The van der Waals surface area contributed by atoms with Gasteiger partial charge in [-0.2, -0.15) is 10.3 Å². The number of carbonyl (C=O) groups is 1. The number of fused-ring (bicyclic) bond motifs is 1. The molecule has 1 amide bonds. The highest BCUT2D eigenvalue weighted by Gasteiger charge is 2.47. The SMILES string of the molecule is CC1(C)Oc2ccc(C#N)cc2[C@@H](N2CCCC2=NC(=O)c2ccncc2)[C@@H]1O. The van der Waals surface area contributed by atoms with Gasteiger partial charge in [0.15, 0.2) is 0 Å². The van der Waals surface area contributed by atoms with Crippen molar-refractivity contribution in [2.75, 3.05) is 6.54 Å². The third-order valence-corrected chi connectivity index (χ3v) is 5.47. The van der Waals surface area contributed by atoms with E-state index in [9.17, 15) is 15.2 Å². The van der Waals surface area contributed by atoms with Crippen LogP contribution in [0.3, 0.4) is 0 Å². The quantitative estimate of drug-likeness (QED) is 0.847. The molecule has 1 saturated heterocycles. The smallest absolute Gasteiger partial charge is 0.278 e. The number of hydrogen-bond donors (Lipinski definition) is 1. The highest BCUT2D eigenvalue weighted by molar-refractivity contribution is 6.03. The average molecular weight is 390 g/mol. The van der Waals surface area contributed by atoms with E-state index in [1.54, 1.807) is 42.7 Å². The number of carbonyl (C=O) groups excluding carboxylic acids is 1. The Morgan fingerprint density at radius 1 is 1.34 bits per heavy atom. The minimum atomic E-state index is -0.858. The highest BCUT2D eigenvalue weighted by atomic mass is 16.5. The molecule has 4 rings (SSSR count). The predicted octanol–water partition coefficient (Wildman–Crippen LogP) is 2.86. The van der Waals surface area contributed by atoms with E-state index in [1.165, 1.54) is 0 Å². The number of aliphatic imine (C=N–C) groups is 1. The van der Waals surface area contributed by atoms with Crippen LogP contribution in [-0.2, 0) is 0 Å². The molecule has 0 aliphatic carbocycles. The third kappa shape index (κ3) is 3.47. The summed E-state index contributed by atoms with van der Waals surface area (Å²) < 4.78 is 6.01. The fourth-order valence-corrected chi connectivity index (χ4v) is 3.95. The van der Waals surface area contributed by atoms with Gasteiger partial charge in [0.1, 0.15) is 23.3 Å². The lowest BCUT2D eigenvalue weighted by molar-refractivity contribution is -0.0802. The van der Waals surface area contributed by atoms with Gasteiger partial charge in [0.25, 0.3) is 5.91 Å². The summed E-state index contributed by atoms with van der Waals surface area (Å²) in [5.41, 5.74) is 0.880. The van der Waals surface area contributed by atoms with Crippen LogP contribution in [-0.4, -0.2) is 45.0 Å². The summed E-state index contributed by atoms with van der Waals surface area (Å²) in [4.78, 5) is 22.9. The largest absolute Gasteiger partial charge is 0.485 e. The molecule has 1 aromatic heterocycles. The number of aliphatic hydroxyl groups excluding tert-OH is 1. The molecule has 2 atom stereocenters. The third-order valence-electron chi connectivity index (χ3n) is 5.47. The van der Waals surface area contributed by atoms with Gasteiger partial charge in [0.05, 0.1) is 17.7 Å². The van der Waals surface area contributed by atoms with Gasteiger partial charge in [-0.05, 0) is 50.6 Å². The van der Waals surface area contributed by atoms with Crippen molar-refractivity contribution in [2.45, 2.75) is 44.4 Å². The first-order valence-corrected chi connectivity index (χ1v) is 9.60. The second-order valence-electron chi connectivity index (χ2n) is 7.83. The van der Waals surface area contributed by atoms with Crippen LogP contribution in [0, 0.1) is 11.3 Å². The van der Waals surface area contributed by atoms with Gasteiger partial charge in [0, 0.05) is 36.5 Å². The van der Waals surface area contributed by atoms with Crippen LogP contribution < -0.4 is 4.74 Å².